The Bertz CT molecular complexity index is 384. The molecule has 1 saturated heterocycles. The number of rotatable bonds is 7. The van der Waals surface area contributed by atoms with Gasteiger partial charge in [0.1, 0.15) is 6.23 Å². The van der Waals surface area contributed by atoms with Crippen LogP contribution in [0.1, 0.15) is 58.4 Å². The topological polar surface area (TPSA) is 21.3 Å². The van der Waals surface area contributed by atoms with Gasteiger partial charge in [0.05, 0.1) is 5.60 Å². The average molecular weight is 275 g/mol. The quantitative estimate of drug-likeness (QED) is 0.801. The maximum absolute atomic E-state index is 6.45. The van der Waals surface area contributed by atoms with E-state index in [-0.39, 0.29) is 11.8 Å². The van der Waals surface area contributed by atoms with Crippen molar-refractivity contribution in [3.05, 3.63) is 35.9 Å². The third-order valence-electron chi connectivity index (χ3n) is 4.40. The lowest BCUT2D eigenvalue weighted by Gasteiger charge is -2.34. The van der Waals surface area contributed by atoms with E-state index in [4.69, 9.17) is 4.74 Å². The van der Waals surface area contributed by atoms with Crippen molar-refractivity contribution < 1.29 is 4.74 Å². The van der Waals surface area contributed by atoms with Crippen LogP contribution in [-0.2, 0) is 11.2 Å². The van der Waals surface area contributed by atoms with Crippen LogP contribution >= 0.6 is 0 Å². The molecule has 1 fully saturated rings. The average Bonchev–Trinajstić information content (AvgIpc) is 2.79. The molecule has 20 heavy (non-hydrogen) atoms. The highest BCUT2D eigenvalue weighted by Gasteiger charge is 2.46. The van der Waals surface area contributed by atoms with Crippen LogP contribution in [0.25, 0.3) is 0 Å². The molecular weight excluding hydrogens is 246 g/mol. The third kappa shape index (κ3) is 3.42. The van der Waals surface area contributed by atoms with Gasteiger partial charge >= 0.3 is 0 Å². The number of hydrogen-bond acceptors (Lipinski definition) is 2. The SMILES string of the molecule is CCCC1(CCC)OC(CC)N[C@H]1Cc1ccccc1. The first-order valence-electron chi connectivity index (χ1n) is 8.22. The maximum Gasteiger partial charge on any atom is 0.109 e. The van der Waals surface area contributed by atoms with Crippen molar-refractivity contribution in [1.82, 2.24) is 5.32 Å². The van der Waals surface area contributed by atoms with Crippen molar-refractivity contribution in [1.29, 1.82) is 0 Å². The monoisotopic (exact) mass is 275 g/mol. The molecule has 2 nitrogen and oxygen atoms in total. The molecule has 112 valence electrons. The van der Waals surface area contributed by atoms with Gasteiger partial charge in [0, 0.05) is 6.04 Å². The molecule has 0 aromatic heterocycles. The summed E-state index contributed by atoms with van der Waals surface area (Å²) in [5.74, 6) is 0. The Hall–Kier alpha value is -0.860. The minimum Gasteiger partial charge on any atom is -0.355 e. The largest absolute Gasteiger partial charge is 0.355 e. The van der Waals surface area contributed by atoms with E-state index in [1.807, 2.05) is 0 Å². The standard InChI is InChI=1S/C18H29NO/c1-4-12-18(13-5-2)16(19-17(6-3)20-18)14-15-10-8-7-9-11-15/h7-11,16-17,19H,4-6,12-14H2,1-3H3/t16-,17?/m0/s1. The molecule has 0 saturated carbocycles. The highest BCUT2D eigenvalue weighted by molar-refractivity contribution is 5.18. The second-order valence-electron chi connectivity index (χ2n) is 5.99. The molecule has 2 atom stereocenters. The summed E-state index contributed by atoms with van der Waals surface area (Å²) in [6.45, 7) is 6.73. The third-order valence-corrected chi connectivity index (χ3v) is 4.40. The Labute approximate surface area is 123 Å². The van der Waals surface area contributed by atoms with E-state index >= 15 is 0 Å². The van der Waals surface area contributed by atoms with Crippen molar-refractivity contribution in [2.45, 2.75) is 77.2 Å². The summed E-state index contributed by atoms with van der Waals surface area (Å²) < 4.78 is 6.45. The molecule has 0 aliphatic carbocycles. The van der Waals surface area contributed by atoms with Crippen LogP contribution in [0.5, 0.6) is 0 Å². The van der Waals surface area contributed by atoms with E-state index in [9.17, 15) is 0 Å². The number of benzene rings is 1. The van der Waals surface area contributed by atoms with Gasteiger partial charge in [-0.25, -0.2) is 0 Å². The van der Waals surface area contributed by atoms with Crippen LogP contribution in [0.2, 0.25) is 0 Å². The summed E-state index contributed by atoms with van der Waals surface area (Å²) in [6, 6.07) is 11.2. The highest BCUT2D eigenvalue weighted by atomic mass is 16.5. The fourth-order valence-corrected chi connectivity index (χ4v) is 3.51. The van der Waals surface area contributed by atoms with Crippen molar-refractivity contribution in [2.24, 2.45) is 0 Å². The zero-order valence-corrected chi connectivity index (χ0v) is 13.2. The van der Waals surface area contributed by atoms with Gasteiger partial charge < -0.3 is 4.74 Å². The number of hydrogen-bond donors (Lipinski definition) is 1. The molecule has 1 aliphatic rings. The van der Waals surface area contributed by atoms with Crippen LogP contribution in [0.3, 0.4) is 0 Å². The van der Waals surface area contributed by atoms with E-state index in [1.54, 1.807) is 0 Å². The zero-order valence-electron chi connectivity index (χ0n) is 13.2. The van der Waals surface area contributed by atoms with Crippen molar-refractivity contribution in [3.63, 3.8) is 0 Å². The molecule has 1 N–H and O–H groups in total. The second kappa shape index (κ2) is 7.24. The Kier molecular flexibility index (Phi) is 5.62. The predicted molar refractivity (Wildman–Crippen MR) is 84.8 cm³/mol. The minimum absolute atomic E-state index is 0.0278. The number of nitrogens with one attached hydrogen (secondary N) is 1. The van der Waals surface area contributed by atoms with Crippen LogP contribution < -0.4 is 5.32 Å². The van der Waals surface area contributed by atoms with Crippen molar-refractivity contribution >= 4 is 0 Å². The maximum atomic E-state index is 6.45. The summed E-state index contributed by atoms with van der Waals surface area (Å²) >= 11 is 0. The molecule has 1 heterocycles. The summed E-state index contributed by atoms with van der Waals surface area (Å²) in [5, 5.41) is 3.73. The summed E-state index contributed by atoms with van der Waals surface area (Å²) in [4.78, 5) is 0. The lowest BCUT2D eigenvalue weighted by Crippen LogP contribution is -2.45. The molecule has 0 amide bonds. The van der Waals surface area contributed by atoms with Gasteiger partial charge in [0.2, 0.25) is 0 Å². The van der Waals surface area contributed by atoms with Gasteiger partial charge in [-0.15, -0.1) is 0 Å². The molecule has 1 aromatic carbocycles. The van der Waals surface area contributed by atoms with Crippen LogP contribution in [0.15, 0.2) is 30.3 Å². The first-order chi connectivity index (χ1) is 9.74. The van der Waals surface area contributed by atoms with Gasteiger partial charge in [0.15, 0.2) is 0 Å². The molecule has 1 aromatic rings. The van der Waals surface area contributed by atoms with Gasteiger partial charge in [-0.05, 0) is 31.2 Å². The van der Waals surface area contributed by atoms with Crippen LogP contribution in [0, 0.1) is 0 Å². The van der Waals surface area contributed by atoms with Crippen molar-refractivity contribution in [2.75, 3.05) is 0 Å². The van der Waals surface area contributed by atoms with Gasteiger partial charge in [0.25, 0.3) is 0 Å². The second-order valence-corrected chi connectivity index (χ2v) is 5.99. The smallest absolute Gasteiger partial charge is 0.109 e. The summed E-state index contributed by atoms with van der Waals surface area (Å²) in [6.07, 6.45) is 7.01. The molecule has 0 bridgehead atoms. The van der Waals surface area contributed by atoms with Crippen LogP contribution in [-0.4, -0.2) is 17.9 Å². The van der Waals surface area contributed by atoms with Gasteiger partial charge in [-0.1, -0.05) is 63.9 Å². The van der Waals surface area contributed by atoms with E-state index in [0.717, 1.165) is 25.7 Å². The number of ether oxygens (including phenoxy) is 1. The lowest BCUT2D eigenvalue weighted by atomic mass is 9.82. The van der Waals surface area contributed by atoms with Gasteiger partial charge in [-0.2, -0.15) is 0 Å². The summed E-state index contributed by atoms with van der Waals surface area (Å²) in [7, 11) is 0. The highest BCUT2D eigenvalue weighted by Crippen LogP contribution is 2.36. The molecule has 1 aliphatic heterocycles. The molecule has 0 radical (unpaired) electrons. The Morgan fingerprint density at radius 2 is 1.70 bits per heavy atom. The minimum atomic E-state index is 0.0278. The van der Waals surface area contributed by atoms with Gasteiger partial charge in [-0.3, -0.25) is 5.32 Å². The molecular formula is C18H29NO. The zero-order chi connectivity index (χ0) is 14.4. The fourth-order valence-electron chi connectivity index (χ4n) is 3.51. The van der Waals surface area contributed by atoms with E-state index < -0.39 is 0 Å². The predicted octanol–water partition coefficient (Wildman–Crippen LogP) is 4.29. The molecule has 1 unspecified atom stereocenters. The molecule has 0 spiro atoms. The first-order valence-corrected chi connectivity index (χ1v) is 8.22. The Morgan fingerprint density at radius 3 is 2.25 bits per heavy atom. The summed E-state index contributed by atoms with van der Waals surface area (Å²) in [5.41, 5.74) is 1.43. The molecule has 2 heteroatoms. The molecule has 2 rings (SSSR count). The first kappa shape index (κ1) is 15.5. The Balaban J connectivity index is 2.17. The van der Waals surface area contributed by atoms with Crippen LogP contribution in [0.4, 0.5) is 0 Å². The normalized spacial score (nSPS) is 24.9. The van der Waals surface area contributed by atoms with E-state index in [0.29, 0.717) is 6.04 Å². The fraction of sp³-hybridized carbons (Fsp3) is 0.667. The Morgan fingerprint density at radius 1 is 1.05 bits per heavy atom. The van der Waals surface area contributed by atoms with Crippen molar-refractivity contribution in [3.8, 4) is 0 Å². The van der Waals surface area contributed by atoms with E-state index in [1.165, 1.54) is 18.4 Å². The lowest BCUT2D eigenvalue weighted by molar-refractivity contribution is -0.0610. The van der Waals surface area contributed by atoms with E-state index in [2.05, 4.69) is 56.4 Å².